The zero-order valence-electron chi connectivity index (χ0n) is 40.5. The van der Waals surface area contributed by atoms with Gasteiger partial charge in [0.25, 0.3) is 5.91 Å². The largest absolute Gasteiger partial charge is 0.490 e. The SMILES string of the molecule is CCCCCc1ccc(-c2ccc(S(=O)(=O)C3(C(=O)NOC4CCCCO4)CCOCC3)cn2)cc1.CCCCCc1ccc(-c2ccc(S(=O)(=O)C3(C(=O)O)CCOCC3)cn2)cc1.O=C(O)C(F)(F)F. The molecule has 394 valence electrons. The van der Waals surface area contributed by atoms with Gasteiger partial charge in [0.05, 0.1) is 21.2 Å². The fraction of sp³-hybridized carbons (Fsp3) is 0.510. The van der Waals surface area contributed by atoms with E-state index in [1.54, 1.807) is 12.1 Å². The lowest BCUT2D eigenvalue weighted by atomic mass is 9.98. The van der Waals surface area contributed by atoms with E-state index in [-0.39, 0.29) is 61.9 Å². The van der Waals surface area contributed by atoms with Crippen LogP contribution in [-0.2, 0) is 65.9 Å². The molecule has 72 heavy (non-hydrogen) atoms. The summed E-state index contributed by atoms with van der Waals surface area (Å²) >= 11 is 0. The number of carboxylic acid groups (broad SMARTS) is 2. The highest BCUT2D eigenvalue weighted by molar-refractivity contribution is 7.94. The fourth-order valence-corrected chi connectivity index (χ4v) is 12.1. The van der Waals surface area contributed by atoms with E-state index < -0.39 is 59.5 Å². The van der Waals surface area contributed by atoms with Crippen molar-refractivity contribution in [3.8, 4) is 22.5 Å². The van der Waals surface area contributed by atoms with Crippen molar-refractivity contribution in [3.05, 3.63) is 96.3 Å². The molecule has 0 radical (unpaired) electrons. The zero-order chi connectivity index (χ0) is 52.4. The monoisotopic (exact) mass is 1050 g/mol. The maximum absolute atomic E-state index is 13.8. The Morgan fingerprint density at radius 1 is 0.653 bits per heavy atom. The van der Waals surface area contributed by atoms with E-state index in [1.165, 1.54) is 67.8 Å². The van der Waals surface area contributed by atoms with Crippen LogP contribution < -0.4 is 5.48 Å². The highest BCUT2D eigenvalue weighted by atomic mass is 32.2. The van der Waals surface area contributed by atoms with Gasteiger partial charge < -0.3 is 24.4 Å². The quantitative estimate of drug-likeness (QED) is 0.0623. The third-order valence-electron chi connectivity index (χ3n) is 12.8. The first kappa shape index (κ1) is 57.6. The van der Waals surface area contributed by atoms with Crippen molar-refractivity contribution < 1.29 is 73.7 Å². The molecule has 1 atom stereocenters. The first-order chi connectivity index (χ1) is 34.3. The molecular formula is C51H64F3N3O13S2. The van der Waals surface area contributed by atoms with Gasteiger partial charge >= 0.3 is 18.1 Å². The summed E-state index contributed by atoms with van der Waals surface area (Å²) in [6, 6.07) is 22.6. The van der Waals surface area contributed by atoms with Gasteiger partial charge in [0.2, 0.25) is 0 Å². The van der Waals surface area contributed by atoms with E-state index in [0.717, 1.165) is 43.2 Å². The minimum absolute atomic E-state index is 0.00778. The fourth-order valence-electron chi connectivity index (χ4n) is 8.35. The highest BCUT2D eigenvalue weighted by Gasteiger charge is 2.54. The number of pyridine rings is 2. The second-order valence-corrected chi connectivity index (χ2v) is 22.3. The van der Waals surface area contributed by atoms with Gasteiger partial charge in [0, 0.05) is 75.8 Å². The number of sulfone groups is 2. The number of hydrogen-bond donors (Lipinski definition) is 3. The lowest BCUT2D eigenvalue weighted by Crippen LogP contribution is -2.56. The smallest absolute Gasteiger partial charge is 0.480 e. The molecule has 0 aliphatic carbocycles. The van der Waals surface area contributed by atoms with Crippen LogP contribution in [0.15, 0.2) is 95.0 Å². The number of nitrogens with one attached hydrogen (secondary N) is 1. The number of benzene rings is 2. The Bertz CT molecular complexity index is 2580. The van der Waals surface area contributed by atoms with E-state index in [9.17, 15) is 44.7 Å². The Hall–Kier alpha value is -5.32. The molecule has 16 nitrogen and oxygen atoms in total. The molecule has 4 aromatic rings. The van der Waals surface area contributed by atoms with Crippen molar-refractivity contribution in [2.24, 2.45) is 0 Å². The maximum Gasteiger partial charge on any atom is 0.490 e. The van der Waals surface area contributed by atoms with Crippen LogP contribution in [-0.4, -0.2) is 110 Å². The molecule has 0 spiro atoms. The van der Waals surface area contributed by atoms with Gasteiger partial charge in [-0.15, -0.1) is 0 Å². The van der Waals surface area contributed by atoms with Crippen molar-refractivity contribution in [3.63, 3.8) is 0 Å². The Morgan fingerprint density at radius 2 is 1.08 bits per heavy atom. The number of hydrogen-bond acceptors (Lipinski definition) is 13. The van der Waals surface area contributed by atoms with Crippen LogP contribution in [0.25, 0.3) is 22.5 Å². The number of carbonyl (C=O) groups is 3. The predicted molar refractivity (Wildman–Crippen MR) is 260 cm³/mol. The van der Waals surface area contributed by atoms with Crippen molar-refractivity contribution in [1.82, 2.24) is 15.4 Å². The van der Waals surface area contributed by atoms with Crippen molar-refractivity contribution >= 4 is 37.5 Å². The van der Waals surface area contributed by atoms with E-state index in [1.807, 2.05) is 24.3 Å². The highest BCUT2D eigenvalue weighted by Crippen LogP contribution is 2.37. The lowest BCUT2D eigenvalue weighted by molar-refractivity contribution is -0.202. The van der Waals surface area contributed by atoms with Gasteiger partial charge in [0.1, 0.15) is 0 Å². The molecule has 3 fully saturated rings. The molecule has 1 unspecified atom stereocenters. The Labute approximate surface area is 418 Å². The Morgan fingerprint density at radius 3 is 1.44 bits per heavy atom. The summed E-state index contributed by atoms with van der Waals surface area (Å²) in [6.45, 7) is 5.49. The average Bonchev–Trinajstić information content (AvgIpc) is 3.39. The first-order valence-electron chi connectivity index (χ1n) is 24.2. The van der Waals surface area contributed by atoms with Gasteiger partial charge in [-0.3, -0.25) is 19.6 Å². The number of halogens is 3. The second kappa shape index (κ2) is 26.6. The molecule has 0 bridgehead atoms. The molecule has 5 heterocycles. The molecule has 2 aromatic carbocycles. The minimum atomic E-state index is -5.08. The normalized spacial score (nSPS) is 17.8. The Balaban J connectivity index is 0.000000240. The van der Waals surface area contributed by atoms with Gasteiger partial charge in [-0.1, -0.05) is 88.1 Å². The molecule has 0 saturated carbocycles. The average molecular weight is 1050 g/mol. The number of nitrogens with zero attached hydrogens (tertiary/aromatic N) is 2. The summed E-state index contributed by atoms with van der Waals surface area (Å²) in [5.41, 5.74) is 8.07. The number of hydroxylamine groups is 1. The molecule has 3 saturated heterocycles. The number of carbonyl (C=O) groups excluding carboxylic acids is 1. The molecule has 3 aliphatic heterocycles. The molecule has 3 aliphatic rings. The van der Waals surface area contributed by atoms with E-state index in [2.05, 4.69) is 53.6 Å². The molecule has 7 rings (SSSR count). The molecule has 2 aromatic heterocycles. The van der Waals surface area contributed by atoms with Gasteiger partial charge in [-0.05, 0) is 86.8 Å². The topological polar surface area (TPSA) is 235 Å². The number of alkyl halides is 3. The van der Waals surface area contributed by atoms with Crippen molar-refractivity contribution in [2.45, 2.75) is 142 Å². The van der Waals surface area contributed by atoms with Crippen LogP contribution in [0.1, 0.15) is 108 Å². The first-order valence-corrected chi connectivity index (χ1v) is 27.1. The van der Waals surface area contributed by atoms with Crippen LogP contribution in [0.5, 0.6) is 0 Å². The third kappa shape index (κ3) is 14.7. The number of amides is 1. The van der Waals surface area contributed by atoms with E-state index >= 15 is 0 Å². The molecular weight excluding hydrogens is 984 g/mol. The summed E-state index contributed by atoms with van der Waals surface area (Å²) in [4.78, 5) is 48.1. The van der Waals surface area contributed by atoms with E-state index in [0.29, 0.717) is 24.4 Å². The molecule has 3 N–H and O–H groups in total. The maximum atomic E-state index is 13.8. The number of rotatable bonds is 18. The van der Waals surface area contributed by atoms with Crippen molar-refractivity contribution in [2.75, 3.05) is 33.0 Å². The summed E-state index contributed by atoms with van der Waals surface area (Å²) in [6.07, 6.45) is 8.64. The number of aryl methyl sites for hydroxylation is 2. The van der Waals surface area contributed by atoms with Crippen LogP contribution >= 0.6 is 0 Å². The summed E-state index contributed by atoms with van der Waals surface area (Å²) in [5, 5.41) is 16.8. The van der Waals surface area contributed by atoms with Crippen molar-refractivity contribution in [1.29, 1.82) is 0 Å². The number of unbranched alkanes of at least 4 members (excludes halogenated alkanes) is 4. The lowest BCUT2D eigenvalue weighted by Gasteiger charge is -2.35. The van der Waals surface area contributed by atoms with E-state index in [4.69, 9.17) is 28.9 Å². The summed E-state index contributed by atoms with van der Waals surface area (Å²) < 4.78 is 98.0. The van der Waals surface area contributed by atoms with Gasteiger partial charge in [-0.25, -0.2) is 31.9 Å². The summed E-state index contributed by atoms with van der Waals surface area (Å²) in [5.74, 6) is -4.78. The number of aromatic nitrogens is 2. The van der Waals surface area contributed by atoms with Crippen LogP contribution in [0, 0.1) is 0 Å². The minimum Gasteiger partial charge on any atom is -0.480 e. The second-order valence-electron chi connectivity index (χ2n) is 17.7. The van der Waals surface area contributed by atoms with Gasteiger partial charge in [-0.2, -0.15) is 13.2 Å². The summed E-state index contributed by atoms with van der Waals surface area (Å²) in [7, 11) is -8.15. The predicted octanol–water partition coefficient (Wildman–Crippen LogP) is 8.90. The standard InChI is InChI=1S/C27H36N2O6S.C22H27NO5S.C2HF3O2/c1-2-3-4-7-21-9-11-22(12-10-21)24-14-13-23(20-28-24)36(31,32)27(15-18-33-19-16-27)26(30)29-35-25-8-5-6-17-34-25;1-2-3-4-5-17-6-8-18(9-7-17)20-11-10-19(16-23-20)29(26,27)22(21(24)25)12-14-28-15-13-22;3-2(4,5)1(6)7/h9-14,20,25H,2-8,15-19H2,1H3,(H,29,30);6-11,16H,2-5,12-15H2,1H3,(H,24,25);(H,6,7). The van der Waals surface area contributed by atoms with Crippen LogP contribution in [0.3, 0.4) is 0 Å². The number of carboxylic acids is 2. The van der Waals surface area contributed by atoms with Crippen LogP contribution in [0.2, 0.25) is 0 Å². The third-order valence-corrected chi connectivity index (χ3v) is 17.8. The van der Waals surface area contributed by atoms with Crippen LogP contribution in [0.4, 0.5) is 13.2 Å². The molecule has 21 heteroatoms. The zero-order valence-corrected chi connectivity index (χ0v) is 42.2. The number of ether oxygens (including phenoxy) is 3. The Kier molecular flexibility index (Phi) is 21.3. The van der Waals surface area contributed by atoms with Gasteiger partial charge in [0.15, 0.2) is 35.5 Å². The molecule has 1 amide bonds. The number of aliphatic carboxylic acids is 2.